The van der Waals surface area contributed by atoms with E-state index in [1.165, 1.54) is 16.4 Å². The predicted octanol–water partition coefficient (Wildman–Crippen LogP) is 7.52. The molecule has 0 radical (unpaired) electrons. The first kappa shape index (κ1) is 27.7. The molecule has 0 saturated carbocycles. The molecule has 1 heterocycles. The Labute approximate surface area is 233 Å². The van der Waals surface area contributed by atoms with E-state index in [4.69, 9.17) is 32.5 Å². The molecule has 38 heavy (non-hydrogen) atoms. The second-order valence-electron chi connectivity index (χ2n) is 8.94. The summed E-state index contributed by atoms with van der Waals surface area (Å²) in [7, 11) is -0.0560. The maximum atomic E-state index is 13.1. The fourth-order valence-corrected chi connectivity index (χ4v) is 5.75. The highest BCUT2D eigenvalue weighted by Gasteiger charge is 2.24. The van der Waals surface area contributed by atoms with E-state index < -0.39 is 17.0 Å². The number of nitrogens with zero attached hydrogens (tertiary/aromatic N) is 2. The molecule has 4 rings (SSSR count). The zero-order valence-electron chi connectivity index (χ0n) is 21.2. The quantitative estimate of drug-likeness (QED) is 0.223. The highest BCUT2D eigenvalue weighted by atomic mass is 35.5. The van der Waals surface area contributed by atoms with E-state index in [1.54, 1.807) is 37.4 Å². The van der Waals surface area contributed by atoms with E-state index in [0.717, 1.165) is 16.7 Å². The normalized spacial score (nSPS) is 12.0. The number of ether oxygens (including phenoxy) is 1. The van der Waals surface area contributed by atoms with Crippen molar-refractivity contribution in [3.8, 4) is 17.0 Å². The summed E-state index contributed by atoms with van der Waals surface area (Å²) in [4.78, 5) is 11.6. The van der Waals surface area contributed by atoms with Crippen LogP contribution < -0.4 is 9.04 Å². The van der Waals surface area contributed by atoms with Crippen LogP contribution in [0.4, 0.5) is 5.69 Å². The van der Waals surface area contributed by atoms with Crippen molar-refractivity contribution in [2.45, 2.75) is 38.2 Å². The lowest BCUT2D eigenvalue weighted by Gasteiger charge is -2.20. The van der Waals surface area contributed by atoms with E-state index in [1.807, 2.05) is 39.0 Å². The van der Waals surface area contributed by atoms with Crippen LogP contribution in [0, 0.1) is 6.92 Å². The molecule has 0 saturated heterocycles. The van der Waals surface area contributed by atoms with Crippen LogP contribution in [0.5, 0.6) is 5.75 Å². The van der Waals surface area contributed by atoms with Gasteiger partial charge in [-0.3, -0.25) is 4.31 Å². The Morgan fingerprint density at radius 1 is 1.11 bits per heavy atom. The van der Waals surface area contributed by atoms with Crippen molar-refractivity contribution in [2.24, 2.45) is 0 Å². The van der Waals surface area contributed by atoms with E-state index in [0.29, 0.717) is 37.8 Å². The molecule has 1 atom stereocenters. The van der Waals surface area contributed by atoms with Gasteiger partial charge in [-0.1, -0.05) is 60.4 Å². The Kier molecular flexibility index (Phi) is 8.45. The standard InChI is InChI=1S/C28H26Cl2N2O5S/c1-16(2)27-21(26(31-37-27)25-17(3)7-5-10-22(25)29)15-36-19-11-12-24(23(30)14-19)32(4)38(35)20-9-6-8-18(13-20)28(33)34/h5-14,16H,15H2,1-4H3,(H,33,34). The Morgan fingerprint density at radius 3 is 2.50 bits per heavy atom. The molecule has 0 aliphatic carbocycles. The van der Waals surface area contributed by atoms with Crippen LogP contribution in [0.3, 0.4) is 0 Å². The molecule has 7 nitrogen and oxygen atoms in total. The van der Waals surface area contributed by atoms with Gasteiger partial charge in [0, 0.05) is 24.6 Å². The molecule has 198 valence electrons. The van der Waals surface area contributed by atoms with Crippen LogP contribution in [0.1, 0.15) is 47.0 Å². The molecule has 0 spiro atoms. The minimum atomic E-state index is -1.68. The van der Waals surface area contributed by atoms with Crippen LogP contribution in [0.25, 0.3) is 11.3 Å². The second-order valence-corrected chi connectivity index (χ2v) is 11.3. The number of anilines is 1. The van der Waals surface area contributed by atoms with E-state index >= 15 is 0 Å². The lowest BCUT2D eigenvalue weighted by molar-refractivity contribution is 0.0696. The summed E-state index contributed by atoms with van der Waals surface area (Å²) < 4.78 is 26.3. The van der Waals surface area contributed by atoms with E-state index in [2.05, 4.69) is 5.16 Å². The fraction of sp³-hybridized carbons (Fsp3) is 0.214. The topological polar surface area (TPSA) is 92.9 Å². The Balaban J connectivity index is 1.57. The number of hydrogen-bond acceptors (Lipinski definition) is 5. The number of aromatic carboxylic acids is 1. The second kappa shape index (κ2) is 11.6. The van der Waals surface area contributed by atoms with Crippen LogP contribution in [-0.2, 0) is 17.6 Å². The molecular weight excluding hydrogens is 547 g/mol. The first-order chi connectivity index (χ1) is 18.1. The number of aromatic nitrogens is 1. The van der Waals surface area contributed by atoms with Crippen molar-refractivity contribution in [2.75, 3.05) is 11.4 Å². The van der Waals surface area contributed by atoms with Gasteiger partial charge in [0.05, 0.1) is 31.8 Å². The molecule has 0 amide bonds. The number of carboxylic acid groups (broad SMARTS) is 1. The molecule has 0 fully saturated rings. The maximum absolute atomic E-state index is 13.1. The number of carbonyl (C=O) groups is 1. The lowest BCUT2D eigenvalue weighted by atomic mass is 9.98. The van der Waals surface area contributed by atoms with E-state index in [-0.39, 0.29) is 18.1 Å². The first-order valence-corrected chi connectivity index (χ1v) is 13.6. The molecule has 1 aromatic heterocycles. The Bertz CT molecular complexity index is 1500. The van der Waals surface area contributed by atoms with Gasteiger partial charge in [-0.15, -0.1) is 0 Å². The summed E-state index contributed by atoms with van der Waals surface area (Å²) in [6.07, 6.45) is 0. The molecule has 0 bridgehead atoms. The van der Waals surface area contributed by atoms with Gasteiger partial charge < -0.3 is 14.4 Å². The summed E-state index contributed by atoms with van der Waals surface area (Å²) in [6, 6.07) is 16.7. The fourth-order valence-electron chi connectivity index (χ4n) is 4.02. The van der Waals surface area contributed by atoms with Crippen molar-refractivity contribution in [1.82, 2.24) is 5.16 Å². The molecule has 0 aliphatic heterocycles. The summed E-state index contributed by atoms with van der Waals surface area (Å²) in [5.74, 6) is 0.198. The number of aryl methyl sites for hydroxylation is 1. The van der Waals surface area contributed by atoms with Gasteiger partial charge in [0.1, 0.15) is 23.8 Å². The zero-order valence-corrected chi connectivity index (χ0v) is 23.5. The third-order valence-corrected chi connectivity index (χ3v) is 7.94. The van der Waals surface area contributed by atoms with Gasteiger partial charge in [-0.2, -0.15) is 0 Å². The molecule has 1 N–H and O–H groups in total. The van der Waals surface area contributed by atoms with Crippen LogP contribution in [0.15, 0.2) is 70.1 Å². The lowest BCUT2D eigenvalue weighted by Crippen LogP contribution is -2.21. The third-order valence-electron chi connectivity index (χ3n) is 5.97. The van der Waals surface area contributed by atoms with E-state index in [9.17, 15) is 14.1 Å². The largest absolute Gasteiger partial charge is 0.489 e. The zero-order chi connectivity index (χ0) is 27.6. The highest BCUT2D eigenvalue weighted by molar-refractivity contribution is 7.86. The van der Waals surface area contributed by atoms with Gasteiger partial charge in [-0.25, -0.2) is 9.00 Å². The minimum absolute atomic E-state index is 0.0555. The molecule has 3 aromatic carbocycles. The number of benzene rings is 3. The van der Waals surface area contributed by atoms with Crippen molar-refractivity contribution in [1.29, 1.82) is 0 Å². The molecule has 10 heteroatoms. The van der Waals surface area contributed by atoms with Gasteiger partial charge in [0.25, 0.3) is 0 Å². The average Bonchev–Trinajstić information content (AvgIpc) is 3.30. The monoisotopic (exact) mass is 572 g/mol. The third kappa shape index (κ3) is 5.72. The molecule has 4 aromatic rings. The summed E-state index contributed by atoms with van der Waals surface area (Å²) in [5, 5.41) is 14.5. The summed E-state index contributed by atoms with van der Waals surface area (Å²) in [5.41, 5.74) is 3.76. The van der Waals surface area contributed by atoms with Gasteiger partial charge >= 0.3 is 5.97 Å². The predicted molar refractivity (Wildman–Crippen MR) is 150 cm³/mol. The minimum Gasteiger partial charge on any atom is -0.489 e. The van der Waals surface area contributed by atoms with Crippen LogP contribution >= 0.6 is 23.2 Å². The molecular formula is C28H26Cl2N2O5S. The van der Waals surface area contributed by atoms with Crippen molar-refractivity contribution in [3.05, 3.63) is 93.2 Å². The Morgan fingerprint density at radius 2 is 1.84 bits per heavy atom. The highest BCUT2D eigenvalue weighted by Crippen LogP contribution is 2.37. The van der Waals surface area contributed by atoms with Crippen molar-refractivity contribution >= 4 is 45.8 Å². The molecule has 1 unspecified atom stereocenters. The summed E-state index contributed by atoms with van der Waals surface area (Å²) >= 11 is 13.1. The van der Waals surface area contributed by atoms with Crippen LogP contribution in [-0.4, -0.2) is 27.5 Å². The van der Waals surface area contributed by atoms with Crippen molar-refractivity contribution in [3.63, 3.8) is 0 Å². The average molecular weight is 573 g/mol. The summed E-state index contributed by atoms with van der Waals surface area (Å²) in [6.45, 7) is 6.17. The van der Waals surface area contributed by atoms with Gasteiger partial charge in [0.2, 0.25) is 0 Å². The number of rotatable bonds is 9. The SMILES string of the molecule is Cc1cccc(Cl)c1-c1noc(C(C)C)c1COc1ccc(N(C)S(=O)c2cccc(C(=O)O)c2)c(Cl)c1. The van der Waals surface area contributed by atoms with Gasteiger partial charge in [0.15, 0.2) is 11.0 Å². The maximum Gasteiger partial charge on any atom is 0.335 e. The number of hydrogen-bond donors (Lipinski definition) is 1. The Hall–Kier alpha value is -3.33. The number of carboxylic acids is 1. The van der Waals surface area contributed by atoms with Crippen LogP contribution in [0.2, 0.25) is 10.0 Å². The number of halogens is 2. The smallest absolute Gasteiger partial charge is 0.335 e. The first-order valence-electron chi connectivity index (χ1n) is 11.7. The van der Waals surface area contributed by atoms with Gasteiger partial charge in [-0.05, 0) is 48.9 Å². The van der Waals surface area contributed by atoms with Crippen molar-refractivity contribution < 1.29 is 23.4 Å². The molecule has 0 aliphatic rings.